The van der Waals surface area contributed by atoms with Crippen molar-refractivity contribution in [3.8, 4) is 6.07 Å². The van der Waals surface area contributed by atoms with E-state index in [0.717, 1.165) is 12.4 Å². The summed E-state index contributed by atoms with van der Waals surface area (Å²) in [5, 5.41) is 8.34. The van der Waals surface area contributed by atoms with E-state index in [9.17, 15) is 13.2 Å². The van der Waals surface area contributed by atoms with Crippen LogP contribution >= 0.6 is 0 Å². The third kappa shape index (κ3) is 2.99. The van der Waals surface area contributed by atoms with Crippen LogP contribution in [0.5, 0.6) is 0 Å². The fourth-order valence-electron chi connectivity index (χ4n) is 0.668. The number of nitriles is 1. The van der Waals surface area contributed by atoms with E-state index in [1.54, 1.807) is 6.07 Å². The first-order chi connectivity index (χ1) is 6.01. The summed E-state index contributed by atoms with van der Waals surface area (Å²) in [5.74, 6) is 0. The lowest BCUT2D eigenvalue weighted by Crippen LogP contribution is -2.48. The van der Waals surface area contributed by atoms with Gasteiger partial charge in [0, 0.05) is 16.9 Å². The molecule has 1 aromatic heterocycles. The predicted molar refractivity (Wildman–Crippen MR) is 34.0 cm³/mol. The van der Waals surface area contributed by atoms with Crippen molar-refractivity contribution in [2.75, 3.05) is 0 Å². The number of pyridine rings is 1. The fourth-order valence-corrected chi connectivity index (χ4v) is 0.668. The zero-order valence-electron chi connectivity index (χ0n) is 6.25. The van der Waals surface area contributed by atoms with Crippen LogP contribution < -0.4 is 9.57 Å². The molecule has 0 atom stereocenters. The molecule has 0 aliphatic heterocycles. The van der Waals surface area contributed by atoms with E-state index in [-0.39, 0.29) is 5.56 Å². The summed E-state index contributed by atoms with van der Waals surface area (Å²) >= 11 is 0. The van der Waals surface area contributed by atoms with Gasteiger partial charge in [-0.1, -0.05) is 0 Å². The number of nitrogens with zero attached hydrogens (tertiary/aromatic N) is 2. The number of hydrogen-bond donors (Lipinski definition) is 0. The lowest BCUT2D eigenvalue weighted by molar-refractivity contribution is -0.928. The molecule has 0 N–H and O–H groups in total. The van der Waals surface area contributed by atoms with Gasteiger partial charge in [-0.2, -0.15) is 10.1 Å². The van der Waals surface area contributed by atoms with Crippen molar-refractivity contribution in [3.63, 3.8) is 0 Å². The highest BCUT2D eigenvalue weighted by atomic mass is 19.4. The van der Waals surface area contributed by atoms with Crippen LogP contribution in [-0.2, 0) is 0 Å². The van der Waals surface area contributed by atoms with E-state index in [2.05, 4.69) is 4.84 Å². The molecule has 1 heterocycles. The van der Waals surface area contributed by atoms with Gasteiger partial charge in [0.15, 0.2) is 0 Å². The molecule has 1 aromatic rings. The predicted octanol–water partition coefficient (Wildman–Crippen LogP) is 0.794. The number of alkyl halides is 3. The lowest BCUT2D eigenvalue weighted by Gasteiger charge is -1.99. The summed E-state index contributed by atoms with van der Waals surface area (Å²) in [6.07, 6.45) is -2.71. The topological polar surface area (TPSA) is 36.9 Å². The number of hydrogen-bond acceptors (Lipinski definition) is 2. The van der Waals surface area contributed by atoms with Crippen molar-refractivity contribution in [2.45, 2.75) is 6.36 Å². The van der Waals surface area contributed by atoms with E-state index in [1.807, 2.05) is 0 Å². The first-order valence-corrected chi connectivity index (χ1v) is 3.19. The molecular weight excluding hydrogens is 185 g/mol. The van der Waals surface area contributed by atoms with Crippen molar-refractivity contribution in [1.29, 1.82) is 5.26 Å². The van der Waals surface area contributed by atoms with Gasteiger partial charge in [-0.05, 0) is 0 Å². The molecule has 0 aromatic carbocycles. The van der Waals surface area contributed by atoms with Crippen LogP contribution in [-0.4, -0.2) is 6.36 Å². The molecule has 0 spiro atoms. The van der Waals surface area contributed by atoms with Crippen molar-refractivity contribution < 1.29 is 22.7 Å². The van der Waals surface area contributed by atoms with E-state index < -0.39 is 6.36 Å². The molecule has 3 nitrogen and oxygen atoms in total. The van der Waals surface area contributed by atoms with Crippen molar-refractivity contribution in [2.24, 2.45) is 0 Å². The number of aromatic nitrogens is 1. The first kappa shape index (κ1) is 9.32. The molecule has 13 heavy (non-hydrogen) atoms. The molecule has 68 valence electrons. The molecule has 0 bridgehead atoms. The standard InChI is InChI=1S/C7H4F3N2O/c8-7(9,10)13-12-3-1-6(5-11)2-4-12/h1-4H/q+1. The van der Waals surface area contributed by atoms with Gasteiger partial charge in [0.2, 0.25) is 12.4 Å². The summed E-state index contributed by atoms with van der Waals surface area (Å²) in [6.45, 7) is 0. The molecule has 0 saturated carbocycles. The van der Waals surface area contributed by atoms with E-state index in [0.29, 0.717) is 4.73 Å². The maximum Gasteiger partial charge on any atom is 0.625 e. The van der Waals surface area contributed by atoms with Gasteiger partial charge in [0.05, 0.1) is 11.6 Å². The highest BCUT2D eigenvalue weighted by Crippen LogP contribution is 2.09. The largest absolute Gasteiger partial charge is 0.625 e. The molecular formula is C7H4F3N2O+. The third-order valence-electron chi connectivity index (χ3n) is 1.14. The SMILES string of the molecule is N#Cc1cc[n+](OC(F)(F)F)cc1. The molecule has 0 aliphatic carbocycles. The van der Waals surface area contributed by atoms with Gasteiger partial charge in [-0.25, -0.2) is 0 Å². The van der Waals surface area contributed by atoms with Crippen molar-refractivity contribution in [1.82, 2.24) is 0 Å². The minimum atomic E-state index is -4.72. The monoisotopic (exact) mass is 189 g/mol. The molecule has 0 aliphatic rings. The highest BCUT2D eigenvalue weighted by molar-refractivity contribution is 5.23. The Bertz CT molecular complexity index is 325. The first-order valence-electron chi connectivity index (χ1n) is 3.19. The second-order valence-corrected chi connectivity index (χ2v) is 2.10. The van der Waals surface area contributed by atoms with Crippen LogP contribution in [0, 0.1) is 11.3 Å². The van der Waals surface area contributed by atoms with Gasteiger partial charge in [0.1, 0.15) is 0 Å². The molecule has 6 heteroatoms. The average Bonchev–Trinajstić information content (AvgIpc) is 2.03. The zero-order valence-corrected chi connectivity index (χ0v) is 6.25. The van der Waals surface area contributed by atoms with Gasteiger partial charge < -0.3 is 0 Å². The Morgan fingerprint density at radius 2 is 1.85 bits per heavy atom. The molecule has 0 unspecified atom stereocenters. The van der Waals surface area contributed by atoms with Crippen molar-refractivity contribution >= 4 is 0 Å². The minimum absolute atomic E-state index is 0.266. The fraction of sp³-hybridized carbons (Fsp3) is 0.143. The van der Waals surface area contributed by atoms with Crippen molar-refractivity contribution in [3.05, 3.63) is 30.1 Å². The third-order valence-corrected chi connectivity index (χ3v) is 1.14. The lowest BCUT2D eigenvalue weighted by atomic mass is 10.3. The maximum atomic E-state index is 11.6. The summed E-state index contributed by atoms with van der Waals surface area (Å²) in [6, 6.07) is 4.19. The Hall–Kier alpha value is -1.77. The van der Waals surface area contributed by atoms with Crippen LogP contribution in [0.25, 0.3) is 0 Å². The Kier molecular flexibility index (Phi) is 2.37. The Labute approximate surface area is 71.5 Å². The average molecular weight is 189 g/mol. The summed E-state index contributed by atoms with van der Waals surface area (Å²) < 4.78 is 35.3. The van der Waals surface area contributed by atoms with Crippen LogP contribution in [0.2, 0.25) is 0 Å². The van der Waals surface area contributed by atoms with Gasteiger partial charge in [0.25, 0.3) is 0 Å². The Morgan fingerprint density at radius 1 is 1.31 bits per heavy atom. The normalized spacial score (nSPS) is 10.6. The summed E-state index contributed by atoms with van der Waals surface area (Å²) in [5.41, 5.74) is 0.266. The molecule has 0 fully saturated rings. The van der Waals surface area contributed by atoms with Crippen LogP contribution in [0.4, 0.5) is 13.2 Å². The van der Waals surface area contributed by atoms with E-state index >= 15 is 0 Å². The molecule has 1 rings (SSSR count). The quantitative estimate of drug-likeness (QED) is 0.612. The Morgan fingerprint density at radius 3 is 2.23 bits per heavy atom. The minimum Gasteiger partial charge on any atom is -0.192 e. The van der Waals surface area contributed by atoms with E-state index in [4.69, 9.17) is 5.26 Å². The smallest absolute Gasteiger partial charge is 0.192 e. The highest BCUT2D eigenvalue weighted by Gasteiger charge is 2.37. The summed E-state index contributed by atoms with van der Waals surface area (Å²) in [4.78, 5) is 3.51. The Balaban J connectivity index is 2.77. The molecule has 0 amide bonds. The van der Waals surface area contributed by atoms with Crippen LogP contribution in [0.15, 0.2) is 24.5 Å². The van der Waals surface area contributed by atoms with Crippen LogP contribution in [0.3, 0.4) is 0 Å². The second kappa shape index (κ2) is 3.31. The van der Waals surface area contributed by atoms with Gasteiger partial charge in [-0.3, -0.25) is 0 Å². The summed E-state index contributed by atoms with van der Waals surface area (Å²) in [7, 11) is 0. The van der Waals surface area contributed by atoms with Gasteiger partial charge in [-0.15, -0.1) is 13.2 Å². The molecule has 0 radical (unpaired) electrons. The maximum absolute atomic E-state index is 11.6. The van der Waals surface area contributed by atoms with Crippen LogP contribution in [0.1, 0.15) is 5.56 Å². The van der Waals surface area contributed by atoms with Gasteiger partial charge >= 0.3 is 6.36 Å². The second-order valence-electron chi connectivity index (χ2n) is 2.10. The number of rotatable bonds is 1. The number of halogens is 3. The molecule has 0 saturated heterocycles. The zero-order chi connectivity index (χ0) is 9.90. The van der Waals surface area contributed by atoms with E-state index in [1.165, 1.54) is 12.1 Å².